The van der Waals surface area contributed by atoms with E-state index in [-0.39, 0.29) is 15.7 Å². The van der Waals surface area contributed by atoms with Gasteiger partial charge in [0.15, 0.2) is 0 Å². The average molecular weight is 385 g/mol. The molecule has 0 aliphatic rings. The largest absolute Gasteiger partial charge is 0.351 e. The lowest BCUT2D eigenvalue weighted by Gasteiger charge is -2.20. The maximum Gasteiger partial charge on any atom is 0.247 e. The summed E-state index contributed by atoms with van der Waals surface area (Å²) in [5, 5.41) is 8.04. The highest BCUT2D eigenvalue weighted by molar-refractivity contribution is 8.01. The molecule has 0 fully saturated rings. The van der Waals surface area contributed by atoms with Gasteiger partial charge in [0.1, 0.15) is 4.21 Å². The van der Waals surface area contributed by atoms with E-state index in [1.807, 2.05) is 45.0 Å². The molecule has 1 heterocycles. The fourth-order valence-electron chi connectivity index (χ4n) is 1.95. The molecule has 0 aliphatic heterocycles. The Morgan fingerprint density at radius 2 is 1.79 bits per heavy atom. The van der Waals surface area contributed by atoms with Crippen molar-refractivity contribution in [2.45, 2.75) is 46.0 Å². The van der Waals surface area contributed by atoms with Crippen LogP contribution in [-0.4, -0.2) is 19.9 Å². The van der Waals surface area contributed by atoms with Crippen LogP contribution in [0.25, 0.3) is 0 Å². The van der Waals surface area contributed by atoms with Crippen LogP contribution in [0.5, 0.6) is 0 Å². The Kier molecular flexibility index (Phi) is 5.74. The van der Waals surface area contributed by atoms with E-state index < -0.39 is 10.0 Å². The van der Waals surface area contributed by atoms with Crippen LogP contribution in [0.1, 0.15) is 26.3 Å². The fraction of sp³-hybridized carbons (Fsp3) is 0.312. The molecule has 0 aliphatic carbocycles. The quantitative estimate of drug-likeness (QED) is 0.829. The second-order valence-corrected chi connectivity index (χ2v) is 10.6. The zero-order chi connectivity index (χ0) is 18.0. The van der Waals surface area contributed by atoms with Crippen LogP contribution in [0.4, 0.5) is 0 Å². The van der Waals surface area contributed by atoms with Crippen LogP contribution in [0, 0.1) is 0 Å². The van der Waals surface area contributed by atoms with Crippen LogP contribution >= 0.6 is 23.1 Å². The third-order valence-corrected chi connectivity index (χ3v) is 6.52. The predicted octanol–water partition coefficient (Wildman–Crippen LogP) is 3.00. The number of benzene rings is 1. The Morgan fingerprint density at radius 3 is 2.29 bits per heavy atom. The molecule has 1 aromatic heterocycles. The molecule has 0 radical (unpaired) electrons. The molecule has 24 heavy (non-hydrogen) atoms. The number of thiophene rings is 1. The first-order chi connectivity index (χ1) is 11.0. The molecule has 0 atom stereocenters. The van der Waals surface area contributed by atoms with Crippen molar-refractivity contribution in [3.8, 4) is 0 Å². The summed E-state index contributed by atoms with van der Waals surface area (Å²) in [4.78, 5) is 12.9. The lowest BCUT2D eigenvalue weighted by Crippen LogP contribution is -2.41. The van der Waals surface area contributed by atoms with Crippen molar-refractivity contribution < 1.29 is 13.2 Å². The Balaban J connectivity index is 1.99. The van der Waals surface area contributed by atoms with Crippen LogP contribution in [0.15, 0.2) is 49.7 Å². The average Bonchev–Trinajstić information content (AvgIpc) is 2.87. The van der Waals surface area contributed by atoms with Crippen LogP contribution in [-0.2, 0) is 21.2 Å². The molecule has 5 nitrogen and oxygen atoms in total. The first-order valence-corrected chi connectivity index (χ1v) is 10.4. The molecule has 3 N–H and O–H groups in total. The van der Waals surface area contributed by atoms with E-state index >= 15 is 0 Å². The van der Waals surface area contributed by atoms with E-state index in [9.17, 15) is 13.2 Å². The number of hydrogen-bond donors (Lipinski definition) is 2. The number of hydrogen-bond acceptors (Lipinski definition) is 5. The van der Waals surface area contributed by atoms with E-state index in [2.05, 4.69) is 5.32 Å². The summed E-state index contributed by atoms with van der Waals surface area (Å²) in [6.45, 7) is 5.84. The van der Waals surface area contributed by atoms with Gasteiger partial charge in [-0.25, -0.2) is 13.6 Å². The molecule has 0 spiro atoms. The van der Waals surface area contributed by atoms with Gasteiger partial charge in [-0.05, 0) is 50.6 Å². The van der Waals surface area contributed by atoms with Crippen molar-refractivity contribution in [2.75, 3.05) is 0 Å². The Labute approximate surface area is 150 Å². The van der Waals surface area contributed by atoms with Gasteiger partial charge in [0.25, 0.3) is 0 Å². The van der Waals surface area contributed by atoms with Crippen molar-refractivity contribution in [3.63, 3.8) is 0 Å². The maximum atomic E-state index is 11.9. The molecule has 1 amide bonds. The summed E-state index contributed by atoms with van der Waals surface area (Å²) in [5.74, 6) is -0.0149. The minimum Gasteiger partial charge on any atom is -0.351 e. The number of amides is 1. The van der Waals surface area contributed by atoms with Crippen molar-refractivity contribution in [1.82, 2.24) is 5.32 Å². The minimum absolute atomic E-state index is 0.0149. The Hall–Kier alpha value is -1.35. The van der Waals surface area contributed by atoms with Gasteiger partial charge in [-0.2, -0.15) is 0 Å². The minimum atomic E-state index is -3.65. The monoisotopic (exact) mass is 384 g/mol. The van der Waals surface area contributed by atoms with Gasteiger partial charge in [0.05, 0.1) is 10.6 Å². The molecular weight excluding hydrogens is 364 g/mol. The fourth-order valence-corrected chi connectivity index (χ4v) is 4.94. The zero-order valence-electron chi connectivity index (χ0n) is 13.7. The molecule has 0 bridgehead atoms. The van der Waals surface area contributed by atoms with Gasteiger partial charge < -0.3 is 5.32 Å². The van der Waals surface area contributed by atoms with Gasteiger partial charge in [-0.1, -0.05) is 23.9 Å². The normalized spacial score (nSPS) is 12.2. The van der Waals surface area contributed by atoms with Gasteiger partial charge >= 0.3 is 0 Å². The molecule has 2 aromatic rings. The van der Waals surface area contributed by atoms with Crippen LogP contribution in [0.2, 0.25) is 0 Å². The first-order valence-electron chi connectivity index (χ1n) is 7.23. The molecular formula is C16H20N2O3S3. The standard InChI is InChI=1S/C16H20N2O3S3/c1-16(2,3)18-13(19)10-11-4-6-12(7-5-11)22-14-8-9-15(23-14)24(17,20)21/h4-9H,10H2,1-3H3,(H,18,19)(H2,17,20,21). The van der Waals surface area contributed by atoms with E-state index in [4.69, 9.17) is 5.14 Å². The second kappa shape index (κ2) is 7.26. The van der Waals surface area contributed by atoms with Gasteiger partial charge in [0.2, 0.25) is 15.9 Å². The molecule has 1 aromatic carbocycles. The lowest BCUT2D eigenvalue weighted by molar-refractivity contribution is -0.121. The number of primary sulfonamides is 1. The zero-order valence-corrected chi connectivity index (χ0v) is 16.1. The topological polar surface area (TPSA) is 89.3 Å². The molecule has 2 rings (SSSR count). The van der Waals surface area contributed by atoms with Crippen LogP contribution in [0.3, 0.4) is 0 Å². The first kappa shape index (κ1) is 19.0. The number of carbonyl (C=O) groups is 1. The summed E-state index contributed by atoms with van der Waals surface area (Å²) in [5.41, 5.74) is 0.685. The highest BCUT2D eigenvalue weighted by atomic mass is 32.3. The third-order valence-electron chi connectivity index (χ3n) is 2.86. The summed E-state index contributed by atoms with van der Waals surface area (Å²) in [6.07, 6.45) is 0.330. The van der Waals surface area contributed by atoms with Crippen LogP contribution < -0.4 is 10.5 Å². The molecule has 130 valence electrons. The van der Waals surface area contributed by atoms with Crippen molar-refractivity contribution in [1.29, 1.82) is 0 Å². The SMILES string of the molecule is CC(C)(C)NC(=O)Cc1ccc(Sc2ccc(S(N)(=O)=O)s2)cc1. The number of nitrogens with one attached hydrogen (secondary N) is 1. The smallest absolute Gasteiger partial charge is 0.247 e. The molecule has 0 saturated carbocycles. The summed E-state index contributed by atoms with van der Waals surface area (Å²) >= 11 is 2.60. The van der Waals surface area contributed by atoms with Gasteiger partial charge in [0, 0.05) is 10.4 Å². The van der Waals surface area contributed by atoms with E-state index in [0.29, 0.717) is 6.42 Å². The van der Waals surface area contributed by atoms with Crippen molar-refractivity contribution in [3.05, 3.63) is 42.0 Å². The van der Waals surface area contributed by atoms with E-state index in [1.165, 1.54) is 17.8 Å². The van der Waals surface area contributed by atoms with Crippen molar-refractivity contribution >= 4 is 39.0 Å². The van der Waals surface area contributed by atoms with E-state index in [1.54, 1.807) is 6.07 Å². The molecule has 0 unspecified atom stereocenters. The van der Waals surface area contributed by atoms with Gasteiger partial charge in [-0.3, -0.25) is 4.79 Å². The summed E-state index contributed by atoms with van der Waals surface area (Å²) < 4.78 is 23.6. The van der Waals surface area contributed by atoms with E-state index in [0.717, 1.165) is 26.0 Å². The van der Waals surface area contributed by atoms with Gasteiger partial charge in [-0.15, -0.1) is 11.3 Å². The second-order valence-electron chi connectivity index (χ2n) is 6.34. The highest BCUT2D eigenvalue weighted by Crippen LogP contribution is 2.34. The number of rotatable bonds is 5. The maximum absolute atomic E-state index is 11.9. The predicted molar refractivity (Wildman–Crippen MR) is 97.9 cm³/mol. The third kappa shape index (κ3) is 5.94. The summed E-state index contributed by atoms with van der Waals surface area (Å²) in [7, 11) is -3.65. The Morgan fingerprint density at radius 1 is 1.17 bits per heavy atom. The summed E-state index contributed by atoms with van der Waals surface area (Å²) in [6, 6.07) is 10.9. The number of sulfonamides is 1. The molecule has 0 saturated heterocycles. The Bertz CT molecular complexity index is 819. The molecule has 8 heteroatoms. The number of carbonyl (C=O) groups excluding carboxylic acids is 1. The van der Waals surface area contributed by atoms with Crippen molar-refractivity contribution in [2.24, 2.45) is 5.14 Å². The number of nitrogens with two attached hydrogens (primary N) is 1. The lowest BCUT2D eigenvalue weighted by atomic mass is 10.1. The highest BCUT2D eigenvalue weighted by Gasteiger charge is 2.14.